The van der Waals surface area contributed by atoms with Gasteiger partial charge in [-0.05, 0) is 25.5 Å². The zero-order chi connectivity index (χ0) is 13.7. The summed E-state index contributed by atoms with van der Waals surface area (Å²) in [4.78, 5) is 11.2. The molecule has 0 saturated heterocycles. The second-order valence-electron chi connectivity index (χ2n) is 4.86. The maximum atomic E-state index is 11.2. The molecule has 0 N–H and O–H groups in total. The summed E-state index contributed by atoms with van der Waals surface area (Å²) in [6.07, 6.45) is 4.63. The van der Waals surface area contributed by atoms with Crippen LogP contribution < -0.4 is 0 Å². The summed E-state index contributed by atoms with van der Waals surface area (Å²) in [5.41, 5.74) is 1.75. The number of aryl methyl sites for hydroxylation is 1. The number of hydrogen-bond donors (Lipinski definition) is 0. The fourth-order valence-corrected chi connectivity index (χ4v) is 2.09. The van der Waals surface area contributed by atoms with Crippen molar-refractivity contribution in [3.05, 3.63) is 47.7 Å². The highest BCUT2D eigenvalue weighted by Crippen LogP contribution is 2.23. The molecule has 0 aliphatic rings. The highest BCUT2D eigenvalue weighted by atomic mass is 16.3. The van der Waals surface area contributed by atoms with Crippen LogP contribution in [0, 0.1) is 0 Å². The third-order valence-corrected chi connectivity index (χ3v) is 3.26. The first-order valence-corrected chi connectivity index (χ1v) is 6.91. The van der Waals surface area contributed by atoms with Gasteiger partial charge in [0.15, 0.2) is 5.78 Å². The van der Waals surface area contributed by atoms with Crippen molar-refractivity contribution in [2.45, 2.75) is 39.5 Å². The van der Waals surface area contributed by atoms with E-state index in [9.17, 15) is 4.79 Å². The van der Waals surface area contributed by atoms with Crippen LogP contribution in [-0.2, 0) is 6.42 Å². The van der Waals surface area contributed by atoms with Crippen LogP contribution in [0.5, 0.6) is 0 Å². The summed E-state index contributed by atoms with van der Waals surface area (Å²) in [6, 6.07) is 11.6. The van der Waals surface area contributed by atoms with Crippen molar-refractivity contribution in [3.8, 4) is 11.3 Å². The van der Waals surface area contributed by atoms with E-state index in [-0.39, 0.29) is 5.78 Å². The maximum Gasteiger partial charge on any atom is 0.159 e. The fourth-order valence-electron chi connectivity index (χ4n) is 2.09. The molecule has 2 nitrogen and oxygen atoms in total. The van der Waals surface area contributed by atoms with Crippen molar-refractivity contribution in [1.29, 1.82) is 0 Å². The van der Waals surface area contributed by atoms with Gasteiger partial charge in [-0.25, -0.2) is 0 Å². The number of benzene rings is 1. The first kappa shape index (κ1) is 13.6. The number of carbonyl (C=O) groups is 1. The Kier molecular flexibility index (Phi) is 4.56. The van der Waals surface area contributed by atoms with Crippen LogP contribution in [0.4, 0.5) is 0 Å². The first-order chi connectivity index (χ1) is 9.20. The minimum absolute atomic E-state index is 0.0891. The highest BCUT2D eigenvalue weighted by Gasteiger charge is 2.05. The molecule has 0 amide bonds. The van der Waals surface area contributed by atoms with Gasteiger partial charge in [-0.15, -0.1) is 0 Å². The topological polar surface area (TPSA) is 30.2 Å². The molecule has 1 heterocycles. The lowest BCUT2D eigenvalue weighted by Gasteiger charge is -2.00. The fraction of sp³-hybridized carbons (Fsp3) is 0.353. The Labute approximate surface area is 114 Å². The van der Waals surface area contributed by atoms with E-state index in [1.807, 2.05) is 36.4 Å². The van der Waals surface area contributed by atoms with Crippen LogP contribution >= 0.6 is 0 Å². The van der Waals surface area contributed by atoms with Crippen molar-refractivity contribution in [2.75, 3.05) is 0 Å². The standard InChI is InChI=1S/C17H20O2/c1-3-4-5-6-16-11-12-17(19-16)15-9-7-14(8-10-15)13(2)18/h7-12H,3-6H2,1-2H3. The van der Waals surface area contributed by atoms with E-state index in [1.54, 1.807) is 6.92 Å². The SMILES string of the molecule is CCCCCc1ccc(-c2ccc(C(C)=O)cc2)o1. The van der Waals surface area contributed by atoms with E-state index < -0.39 is 0 Å². The van der Waals surface area contributed by atoms with Crippen molar-refractivity contribution >= 4 is 5.78 Å². The summed E-state index contributed by atoms with van der Waals surface area (Å²) in [5, 5.41) is 0. The largest absolute Gasteiger partial charge is 0.461 e. The van der Waals surface area contributed by atoms with Gasteiger partial charge in [0.2, 0.25) is 0 Å². The van der Waals surface area contributed by atoms with Crippen molar-refractivity contribution in [2.24, 2.45) is 0 Å². The molecule has 2 heteroatoms. The van der Waals surface area contributed by atoms with Crippen molar-refractivity contribution < 1.29 is 9.21 Å². The molecule has 2 rings (SSSR count). The third-order valence-electron chi connectivity index (χ3n) is 3.26. The van der Waals surface area contributed by atoms with E-state index in [4.69, 9.17) is 4.42 Å². The Balaban J connectivity index is 2.07. The molecule has 19 heavy (non-hydrogen) atoms. The molecular formula is C17H20O2. The van der Waals surface area contributed by atoms with Gasteiger partial charge < -0.3 is 4.42 Å². The molecule has 0 fully saturated rings. The average Bonchev–Trinajstić information content (AvgIpc) is 2.88. The molecule has 0 radical (unpaired) electrons. The van der Waals surface area contributed by atoms with Gasteiger partial charge in [-0.2, -0.15) is 0 Å². The Morgan fingerprint density at radius 2 is 1.79 bits per heavy atom. The zero-order valence-corrected chi connectivity index (χ0v) is 11.6. The average molecular weight is 256 g/mol. The molecule has 0 bridgehead atoms. The molecular weight excluding hydrogens is 236 g/mol. The smallest absolute Gasteiger partial charge is 0.159 e. The van der Waals surface area contributed by atoms with Gasteiger partial charge in [-0.1, -0.05) is 44.0 Å². The van der Waals surface area contributed by atoms with E-state index in [2.05, 4.69) is 6.92 Å². The molecule has 0 aliphatic heterocycles. The van der Waals surface area contributed by atoms with Gasteiger partial charge >= 0.3 is 0 Å². The summed E-state index contributed by atoms with van der Waals surface area (Å²) in [5.74, 6) is 2.01. The second-order valence-corrected chi connectivity index (χ2v) is 4.86. The van der Waals surface area contributed by atoms with E-state index in [0.29, 0.717) is 0 Å². The Hall–Kier alpha value is -1.83. The molecule has 100 valence electrons. The molecule has 1 aromatic heterocycles. The monoisotopic (exact) mass is 256 g/mol. The normalized spacial score (nSPS) is 10.6. The summed E-state index contributed by atoms with van der Waals surface area (Å²) in [7, 11) is 0. The number of hydrogen-bond acceptors (Lipinski definition) is 2. The number of Topliss-reactive ketones (excluding diaryl/α,β-unsaturated/α-hetero) is 1. The van der Waals surface area contributed by atoms with E-state index in [0.717, 1.165) is 29.1 Å². The number of furan rings is 1. The molecule has 2 aromatic rings. The van der Waals surface area contributed by atoms with Crippen LogP contribution in [0.15, 0.2) is 40.8 Å². The quantitative estimate of drug-likeness (QED) is 0.544. The number of rotatable bonds is 6. The third kappa shape index (κ3) is 3.57. The Morgan fingerprint density at radius 3 is 2.42 bits per heavy atom. The number of ketones is 1. The number of carbonyl (C=O) groups excluding carboxylic acids is 1. The first-order valence-electron chi connectivity index (χ1n) is 6.91. The van der Waals surface area contributed by atoms with Gasteiger partial charge in [0, 0.05) is 17.5 Å². The van der Waals surface area contributed by atoms with Crippen LogP contribution in [0.25, 0.3) is 11.3 Å². The van der Waals surface area contributed by atoms with Gasteiger partial charge in [0.1, 0.15) is 11.5 Å². The lowest BCUT2D eigenvalue weighted by atomic mass is 10.1. The van der Waals surface area contributed by atoms with Gasteiger partial charge in [-0.3, -0.25) is 4.79 Å². The van der Waals surface area contributed by atoms with Crippen LogP contribution in [0.3, 0.4) is 0 Å². The predicted octanol–water partition coefficient (Wildman–Crippen LogP) is 4.88. The second kappa shape index (κ2) is 6.37. The van der Waals surface area contributed by atoms with Crippen molar-refractivity contribution in [1.82, 2.24) is 0 Å². The van der Waals surface area contributed by atoms with Crippen LogP contribution in [0.2, 0.25) is 0 Å². The van der Waals surface area contributed by atoms with E-state index in [1.165, 1.54) is 19.3 Å². The molecule has 0 unspecified atom stereocenters. The van der Waals surface area contributed by atoms with Crippen molar-refractivity contribution in [3.63, 3.8) is 0 Å². The molecule has 0 spiro atoms. The summed E-state index contributed by atoms with van der Waals surface area (Å²) in [6.45, 7) is 3.78. The predicted molar refractivity (Wildman–Crippen MR) is 77.4 cm³/mol. The Bertz CT molecular complexity index is 535. The summed E-state index contributed by atoms with van der Waals surface area (Å²) >= 11 is 0. The molecule has 0 saturated carbocycles. The maximum absolute atomic E-state index is 11.2. The molecule has 1 aromatic carbocycles. The van der Waals surface area contributed by atoms with Gasteiger partial charge in [0.05, 0.1) is 0 Å². The lowest BCUT2D eigenvalue weighted by Crippen LogP contribution is -1.90. The van der Waals surface area contributed by atoms with Crippen LogP contribution in [-0.4, -0.2) is 5.78 Å². The minimum atomic E-state index is 0.0891. The number of unbranched alkanes of at least 4 members (excludes halogenated alkanes) is 2. The van der Waals surface area contributed by atoms with Gasteiger partial charge in [0.25, 0.3) is 0 Å². The summed E-state index contributed by atoms with van der Waals surface area (Å²) < 4.78 is 5.83. The van der Waals surface area contributed by atoms with E-state index >= 15 is 0 Å². The zero-order valence-electron chi connectivity index (χ0n) is 11.6. The molecule has 0 aliphatic carbocycles. The van der Waals surface area contributed by atoms with Crippen LogP contribution in [0.1, 0.15) is 49.2 Å². The molecule has 0 atom stereocenters. The lowest BCUT2D eigenvalue weighted by molar-refractivity contribution is 0.101. The minimum Gasteiger partial charge on any atom is -0.461 e. The highest BCUT2D eigenvalue weighted by molar-refractivity contribution is 5.94. The Morgan fingerprint density at radius 1 is 1.05 bits per heavy atom.